The van der Waals surface area contributed by atoms with Crippen molar-refractivity contribution in [3.8, 4) is 5.75 Å². The lowest BCUT2D eigenvalue weighted by Gasteiger charge is -2.21. The van der Waals surface area contributed by atoms with E-state index in [-0.39, 0.29) is 41.9 Å². The summed E-state index contributed by atoms with van der Waals surface area (Å²) < 4.78 is 10.5. The zero-order valence-electron chi connectivity index (χ0n) is 16.9. The molecule has 3 rings (SSSR count). The highest BCUT2D eigenvalue weighted by Gasteiger charge is 2.27. The lowest BCUT2D eigenvalue weighted by molar-refractivity contribution is -0.385. The van der Waals surface area contributed by atoms with Gasteiger partial charge >= 0.3 is 5.97 Å². The van der Waals surface area contributed by atoms with Crippen LogP contribution in [0.2, 0.25) is 0 Å². The van der Waals surface area contributed by atoms with Crippen LogP contribution >= 0.6 is 0 Å². The summed E-state index contributed by atoms with van der Waals surface area (Å²) in [6.07, 6.45) is -0.658. The summed E-state index contributed by atoms with van der Waals surface area (Å²) >= 11 is 0. The number of anilines is 1. The Morgan fingerprint density at radius 2 is 2.00 bits per heavy atom. The maximum Gasteiger partial charge on any atom is 0.308 e. The van der Waals surface area contributed by atoms with Gasteiger partial charge in [-0.2, -0.15) is 0 Å². The molecule has 1 heterocycles. The summed E-state index contributed by atoms with van der Waals surface area (Å²) in [5.41, 5.74) is 0.601. The number of hydrogen-bond donors (Lipinski definition) is 2. The molecule has 1 atom stereocenters. The Labute approximate surface area is 177 Å². The molecular formula is C21H21N3O7. The first-order chi connectivity index (χ1) is 14.7. The molecule has 0 aromatic heterocycles. The first-order valence-electron chi connectivity index (χ1n) is 9.55. The van der Waals surface area contributed by atoms with Gasteiger partial charge in [0.05, 0.1) is 34.7 Å². The minimum absolute atomic E-state index is 0.169. The highest BCUT2D eigenvalue weighted by atomic mass is 16.6. The average molecular weight is 427 g/mol. The highest BCUT2D eigenvalue weighted by molar-refractivity contribution is 5.99. The number of nitrogens with one attached hydrogen (secondary N) is 2. The maximum atomic E-state index is 12.9. The van der Waals surface area contributed by atoms with Crippen molar-refractivity contribution in [1.82, 2.24) is 5.32 Å². The van der Waals surface area contributed by atoms with Gasteiger partial charge < -0.3 is 20.1 Å². The van der Waals surface area contributed by atoms with Gasteiger partial charge in [0.25, 0.3) is 17.5 Å². The molecule has 0 fully saturated rings. The number of fused-ring (bicyclic) bond motifs is 1. The molecular weight excluding hydrogens is 406 g/mol. The fourth-order valence-corrected chi connectivity index (χ4v) is 3.12. The van der Waals surface area contributed by atoms with Crippen LogP contribution in [0.4, 0.5) is 11.4 Å². The minimum atomic E-state index is -0.989. The van der Waals surface area contributed by atoms with Gasteiger partial charge in [-0.1, -0.05) is 18.2 Å². The van der Waals surface area contributed by atoms with Gasteiger partial charge in [0, 0.05) is 11.6 Å². The van der Waals surface area contributed by atoms with Gasteiger partial charge in [0.1, 0.15) is 5.75 Å². The number of carbonyl (C=O) groups is 3. The Bertz CT molecular complexity index is 1040. The van der Waals surface area contributed by atoms with Gasteiger partial charge in [-0.3, -0.25) is 24.5 Å². The Kier molecular flexibility index (Phi) is 6.49. The number of esters is 1. The van der Waals surface area contributed by atoms with E-state index in [0.29, 0.717) is 11.4 Å². The van der Waals surface area contributed by atoms with Crippen LogP contribution in [0.15, 0.2) is 42.5 Å². The molecule has 0 spiro atoms. The number of nitro groups is 1. The number of amides is 2. The van der Waals surface area contributed by atoms with E-state index in [0.717, 1.165) is 0 Å². The molecule has 2 aromatic carbocycles. The van der Waals surface area contributed by atoms with E-state index in [1.807, 2.05) is 0 Å². The minimum Gasteiger partial charge on any atom is -0.482 e. The molecule has 0 saturated heterocycles. The Hall–Kier alpha value is -3.95. The maximum absolute atomic E-state index is 12.9. The van der Waals surface area contributed by atoms with Gasteiger partial charge in [0.15, 0.2) is 6.61 Å². The molecule has 162 valence electrons. The molecule has 10 heteroatoms. The topological polar surface area (TPSA) is 137 Å². The molecule has 10 nitrogen and oxygen atoms in total. The van der Waals surface area contributed by atoms with Crippen molar-refractivity contribution in [3.05, 3.63) is 63.7 Å². The lowest BCUT2D eigenvalue weighted by Crippen LogP contribution is -2.32. The van der Waals surface area contributed by atoms with Crippen molar-refractivity contribution in [1.29, 1.82) is 0 Å². The number of rotatable bonds is 7. The van der Waals surface area contributed by atoms with Gasteiger partial charge in [0.2, 0.25) is 0 Å². The summed E-state index contributed by atoms with van der Waals surface area (Å²) in [5, 5.41) is 16.8. The van der Waals surface area contributed by atoms with E-state index in [1.165, 1.54) is 36.4 Å². The molecule has 2 amide bonds. The highest BCUT2D eigenvalue weighted by Crippen LogP contribution is 2.30. The zero-order chi connectivity index (χ0) is 22.5. The third kappa shape index (κ3) is 5.35. The number of hydrogen-bond acceptors (Lipinski definition) is 7. The van der Waals surface area contributed by atoms with Crippen LogP contribution in [-0.4, -0.2) is 35.4 Å². The number of para-hydroxylation sites is 1. The quantitative estimate of drug-likeness (QED) is 0.394. The SMILES string of the molecule is CC(C)OC(=O)CC(NC(=O)c1ccc2c(c1)OCC(=O)N2)c1ccccc1[N+](=O)[O-]. The van der Waals surface area contributed by atoms with Crippen LogP contribution < -0.4 is 15.4 Å². The Balaban J connectivity index is 1.88. The van der Waals surface area contributed by atoms with Gasteiger partial charge in [-0.25, -0.2) is 0 Å². The Morgan fingerprint density at radius 1 is 1.26 bits per heavy atom. The summed E-state index contributed by atoms with van der Waals surface area (Å²) in [7, 11) is 0. The lowest BCUT2D eigenvalue weighted by atomic mass is 10.0. The first-order valence-corrected chi connectivity index (χ1v) is 9.55. The smallest absolute Gasteiger partial charge is 0.308 e. The van der Waals surface area contributed by atoms with Crippen molar-refractivity contribution in [2.45, 2.75) is 32.4 Å². The summed E-state index contributed by atoms with van der Waals surface area (Å²) in [6, 6.07) is 9.34. The van der Waals surface area contributed by atoms with Crippen LogP contribution in [0.5, 0.6) is 5.75 Å². The van der Waals surface area contributed by atoms with E-state index >= 15 is 0 Å². The van der Waals surface area contributed by atoms with Crippen LogP contribution in [0.3, 0.4) is 0 Å². The predicted molar refractivity (Wildman–Crippen MR) is 110 cm³/mol. The second-order valence-corrected chi connectivity index (χ2v) is 7.13. The monoisotopic (exact) mass is 427 g/mol. The van der Waals surface area contributed by atoms with Gasteiger partial charge in [-0.05, 0) is 32.0 Å². The molecule has 0 aliphatic carbocycles. The fraction of sp³-hybridized carbons (Fsp3) is 0.286. The van der Waals surface area contributed by atoms with E-state index in [1.54, 1.807) is 19.9 Å². The van der Waals surface area contributed by atoms with E-state index in [4.69, 9.17) is 9.47 Å². The molecule has 1 unspecified atom stereocenters. The van der Waals surface area contributed by atoms with Crippen LogP contribution in [-0.2, 0) is 14.3 Å². The molecule has 31 heavy (non-hydrogen) atoms. The molecule has 0 radical (unpaired) electrons. The second-order valence-electron chi connectivity index (χ2n) is 7.13. The molecule has 1 aliphatic heterocycles. The molecule has 0 bridgehead atoms. The predicted octanol–water partition coefficient (Wildman–Crippen LogP) is 2.74. The van der Waals surface area contributed by atoms with Crippen molar-refractivity contribution in [2.75, 3.05) is 11.9 Å². The molecule has 1 aliphatic rings. The van der Waals surface area contributed by atoms with Crippen molar-refractivity contribution in [2.24, 2.45) is 0 Å². The average Bonchev–Trinajstić information content (AvgIpc) is 2.72. The third-order valence-corrected chi connectivity index (χ3v) is 4.43. The van der Waals surface area contributed by atoms with Crippen molar-refractivity contribution >= 4 is 29.2 Å². The summed E-state index contributed by atoms with van der Waals surface area (Å²) in [6.45, 7) is 3.20. The first kappa shape index (κ1) is 21.8. The van der Waals surface area contributed by atoms with Crippen molar-refractivity contribution < 1.29 is 28.8 Å². The van der Waals surface area contributed by atoms with E-state index in [2.05, 4.69) is 10.6 Å². The largest absolute Gasteiger partial charge is 0.482 e. The summed E-state index contributed by atoms with van der Waals surface area (Å²) in [5.74, 6) is -1.14. The fourth-order valence-electron chi connectivity index (χ4n) is 3.12. The normalized spacial score (nSPS) is 13.5. The standard InChI is InChI=1S/C21H21N3O7/c1-12(2)31-20(26)10-16(14-5-3-4-6-17(14)24(28)29)23-21(27)13-7-8-15-18(9-13)30-11-19(25)22-15/h3-9,12,16H,10-11H2,1-2H3,(H,22,25)(H,23,27). The van der Waals surface area contributed by atoms with Gasteiger partial charge in [-0.15, -0.1) is 0 Å². The number of carbonyl (C=O) groups excluding carboxylic acids is 3. The van der Waals surface area contributed by atoms with Crippen LogP contribution in [0, 0.1) is 10.1 Å². The number of ether oxygens (including phenoxy) is 2. The van der Waals surface area contributed by atoms with E-state index in [9.17, 15) is 24.5 Å². The van der Waals surface area contributed by atoms with Crippen LogP contribution in [0.1, 0.15) is 42.2 Å². The molecule has 2 aromatic rings. The zero-order valence-corrected chi connectivity index (χ0v) is 16.9. The van der Waals surface area contributed by atoms with Crippen molar-refractivity contribution in [3.63, 3.8) is 0 Å². The number of nitro benzene ring substituents is 1. The molecule has 2 N–H and O–H groups in total. The number of benzene rings is 2. The second kappa shape index (κ2) is 9.24. The third-order valence-electron chi connectivity index (χ3n) is 4.43. The van der Waals surface area contributed by atoms with Crippen LogP contribution in [0.25, 0.3) is 0 Å². The summed E-state index contributed by atoms with van der Waals surface area (Å²) in [4.78, 5) is 47.4. The van der Waals surface area contributed by atoms with E-state index < -0.39 is 22.8 Å². The molecule has 0 saturated carbocycles. The Morgan fingerprint density at radius 3 is 2.71 bits per heavy atom. The number of nitrogens with zero attached hydrogens (tertiary/aromatic N) is 1.